The average molecular weight is 702 g/mol. The van der Waals surface area contributed by atoms with Gasteiger partial charge >= 0.3 is 6.09 Å². The van der Waals surface area contributed by atoms with Crippen molar-refractivity contribution < 1.29 is 23.5 Å². The Balaban J connectivity index is 0.840. The van der Waals surface area contributed by atoms with Gasteiger partial charge in [-0.25, -0.2) is 14.3 Å². The lowest BCUT2D eigenvalue weighted by atomic mass is 9.92. The second kappa shape index (κ2) is 14.3. The minimum absolute atomic E-state index is 0.00148. The van der Waals surface area contributed by atoms with Crippen LogP contribution in [-0.4, -0.2) is 136 Å². The first-order chi connectivity index (χ1) is 24.4. The number of carbonyl (C=O) groups is 3. The molecule has 2 aromatic carbocycles. The normalized spacial score (nSPS) is 20.0. The summed E-state index contributed by atoms with van der Waals surface area (Å²) in [5, 5.41) is 7.99. The molecule has 12 nitrogen and oxygen atoms in total. The van der Waals surface area contributed by atoms with Crippen LogP contribution in [0.4, 0.5) is 9.18 Å². The van der Waals surface area contributed by atoms with E-state index in [1.54, 1.807) is 34.1 Å². The van der Waals surface area contributed by atoms with E-state index in [4.69, 9.17) is 4.74 Å². The molecule has 0 bridgehead atoms. The molecule has 5 heterocycles. The summed E-state index contributed by atoms with van der Waals surface area (Å²) in [6, 6.07) is 12.2. The molecular formula is C38H48FN7O5. The third-order valence-electron chi connectivity index (χ3n) is 10.7. The Hall–Kier alpha value is -4.36. The number of halogens is 1. The van der Waals surface area contributed by atoms with Gasteiger partial charge in [-0.3, -0.25) is 24.2 Å². The van der Waals surface area contributed by atoms with E-state index in [-0.39, 0.29) is 34.9 Å². The van der Waals surface area contributed by atoms with Crippen molar-refractivity contribution in [3.05, 3.63) is 75.5 Å². The van der Waals surface area contributed by atoms with E-state index in [0.29, 0.717) is 61.2 Å². The van der Waals surface area contributed by atoms with Crippen LogP contribution in [0.25, 0.3) is 10.8 Å². The van der Waals surface area contributed by atoms with Crippen LogP contribution in [0, 0.1) is 17.7 Å². The molecule has 1 N–H and O–H groups in total. The number of piperidine rings is 1. The Bertz CT molecular complexity index is 1830. The maximum atomic E-state index is 15.0. The molecule has 3 aromatic rings. The third kappa shape index (κ3) is 7.79. The Morgan fingerprint density at radius 3 is 2.24 bits per heavy atom. The molecule has 272 valence electrons. The molecule has 0 unspecified atom stereocenters. The number of hydrogen-bond acceptors (Lipinski definition) is 8. The Kier molecular flexibility index (Phi) is 9.86. The van der Waals surface area contributed by atoms with E-state index in [9.17, 15) is 23.6 Å². The predicted molar refractivity (Wildman–Crippen MR) is 190 cm³/mol. The average Bonchev–Trinajstić information content (AvgIpc) is 3.08. The van der Waals surface area contributed by atoms with Gasteiger partial charge in [0.2, 0.25) is 5.91 Å². The van der Waals surface area contributed by atoms with Crippen molar-refractivity contribution in [1.29, 1.82) is 0 Å². The van der Waals surface area contributed by atoms with Gasteiger partial charge in [-0.2, -0.15) is 5.10 Å². The van der Waals surface area contributed by atoms with Crippen molar-refractivity contribution in [3.63, 3.8) is 0 Å². The number of benzene rings is 2. The van der Waals surface area contributed by atoms with E-state index in [2.05, 4.69) is 20.0 Å². The predicted octanol–water partition coefficient (Wildman–Crippen LogP) is 3.20. The van der Waals surface area contributed by atoms with Gasteiger partial charge in [-0.1, -0.05) is 24.3 Å². The molecule has 7 rings (SSSR count). The SMILES string of the molecule is CC(C)(C)OC(=O)N1CC(CN2CC(N3CCC(C(=O)N4CCN(C(=O)c5cc(Cc6n[nH]c(=O)c7ccccc67)ccc5F)CC4)CC3)C2)C1. The monoisotopic (exact) mass is 701 g/mol. The van der Waals surface area contributed by atoms with E-state index in [0.717, 1.165) is 64.0 Å². The molecule has 4 saturated heterocycles. The lowest BCUT2D eigenvalue weighted by Gasteiger charge is -2.50. The summed E-state index contributed by atoms with van der Waals surface area (Å²) in [4.78, 5) is 61.6. The molecule has 4 aliphatic rings. The summed E-state index contributed by atoms with van der Waals surface area (Å²) in [5.74, 6) is -0.336. The zero-order valence-corrected chi connectivity index (χ0v) is 29.8. The molecule has 51 heavy (non-hydrogen) atoms. The Morgan fingerprint density at radius 2 is 1.55 bits per heavy atom. The number of piperazine rings is 1. The number of nitrogens with zero attached hydrogens (tertiary/aromatic N) is 6. The molecule has 0 atom stereocenters. The molecule has 0 spiro atoms. The molecule has 0 aliphatic carbocycles. The molecule has 13 heteroatoms. The van der Waals surface area contributed by atoms with E-state index < -0.39 is 11.4 Å². The summed E-state index contributed by atoms with van der Waals surface area (Å²) in [6.45, 7) is 13.6. The second-order valence-corrected chi connectivity index (χ2v) is 15.6. The number of carbonyl (C=O) groups excluding carboxylic acids is 3. The van der Waals surface area contributed by atoms with Gasteiger partial charge < -0.3 is 19.4 Å². The molecule has 4 aliphatic heterocycles. The summed E-state index contributed by atoms with van der Waals surface area (Å²) in [6.07, 6.45) is 1.77. The quantitative estimate of drug-likeness (QED) is 0.399. The Labute approximate surface area is 297 Å². The van der Waals surface area contributed by atoms with Gasteiger partial charge in [0, 0.05) is 88.6 Å². The standard InChI is InChI=1S/C38H48FN7O5/c1-38(2,3)51-37(50)46-21-26(22-46)20-42-23-28(24-42)43-12-10-27(11-13-43)35(48)44-14-16-45(17-15-44)36(49)31-18-25(8-9-32(31)39)19-33-29-6-4-5-7-30(29)34(47)41-40-33/h4-9,18,26-28H,10-17,19-24H2,1-3H3,(H,41,47). The minimum Gasteiger partial charge on any atom is -0.444 e. The largest absolute Gasteiger partial charge is 0.444 e. The molecule has 4 fully saturated rings. The van der Waals surface area contributed by atoms with Gasteiger partial charge in [0.05, 0.1) is 16.6 Å². The van der Waals surface area contributed by atoms with E-state index in [1.165, 1.54) is 6.07 Å². The topological polar surface area (TPSA) is 122 Å². The van der Waals surface area contributed by atoms with E-state index in [1.807, 2.05) is 37.8 Å². The van der Waals surface area contributed by atoms with Crippen molar-refractivity contribution in [1.82, 2.24) is 34.7 Å². The van der Waals surface area contributed by atoms with Crippen LogP contribution in [0.2, 0.25) is 0 Å². The molecular weight excluding hydrogens is 653 g/mol. The highest BCUT2D eigenvalue weighted by Gasteiger charge is 2.40. The lowest BCUT2D eigenvalue weighted by molar-refractivity contribution is -0.139. The highest BCUT2D eigenvalue weighted by atomic mass is 19.1. The number of hydrogen-bond donors (Lipinski definition) is 1. The molecule has 3 amide bonds. The highest BCUT2D eigenvalue weighted by molar-refractivity contribution is 5.95. The van der Waals surface area contributed by atoms with Crippen molar-refractivity contribution in [2.24, 2.45) is 11.8 Å². The number of fused-ring (bicyclic) bond motifs is 1. The number of amides is 3. The van der Waals surface area contributed by atoms with Crippen molar-refractivity contribution >= 4 is 28.7 Å². The first-order valence-electron chi connectivity index (χ1n) is 18.2. The highest BCUT2D eigenvalue weighted by Crippen LogP contribution is 2.28. The van der Waals surface area contributed by atoms with Crippen LogP contribution in [0.5, 0.6) is 0 Å². The molecule has 0 saturated carbocycles. The number of H-pyrrole nitrogens is 1. The van der Waals surface area contributed by atoms with Gasteiger partial charge in [0.25, 0.3) is 11.5 Å². The first-order valence-corrected chi connectivity index (χ1v) is 18.2. The maximum absolute atomic E-state index is 15.0. The minimum atomic E-state index is -0.587. The van der Waals surface area contributed by atoms with Gasteiger partial charge in [-0.15, -0.1) is 0 Å². The number of likely N-dealkylation sites (tertiary alicyclic amines) is 3. The zero-order valence-electron chi connectivity index (χ0n) is 29.8. The number of nitrogens with one attached hydrogen (secondary N) is 1. The Morgan fingerprint density at radius 1 is 0.882 bits per heavy atom. The number of aromatic nitrogens is 2. The van der Waals surface area contributed by atoms with Crippen LogP contribution in [0.1, 0.15) is 55.2 Å². The van der Waals surface area contributed by atoms with Crippen LogP contribution < -0.4 is 5.56 Å². The summed E-state index contributed by atoms with van der Waals surface area (Å²) >= 11 is 0. The maximum Gasteiger partial charge on any atom is 0.410 e. The van der Waals surface area contributed by atoms with Crippen LogP contribution in [0.3, 0.4) is 0 Å². The summed E-state index contributed by atoms with van der Waals surface area (Å²) in [7, 11) is 0. The van der Waals surface area contributed by atoms with Gasteiger partial charge in [0.15, 0.2) is 0 Å². The van der Waals surface area contributed by atoms with Crippen LogP contribution >= 0.6 is 0 Å². The summed E-state index contributed by atoms with van der Waals surface area (Å²) in [5.41, 5.74) is 0.607. The van der Waals surface area contributed by atoms with Crippen LogP contribution in [0.15, 0.2) is 47.3 Å². The van der Waals surface area contributed by atoms with E-state index >= 15 is 0 Å². The number of ether oxygens (including phenoxy) is 1. The zero-order chi connectivity index (χ0) is 35.9. The fraction of sp³-hybridized carbons (Fsp3) is 0.553. The van der Waals surface area contributed by atoms with Gasteiger partial charge in [-0.05, 0) is 70.5 Å². The summed E-state index contributed by atoms with van der Waals surface area (Å²) < 4.78 is 20.4. The molecule has 0 radical (unpaired) electrons. The third-order valence-corrected chi connectivity index (χ3v) is 10.7. The van der Waals surface area contributed by atoms with Crippen molar-refractivity contribution in [3.8, 4) is 0 Å². The van der Waals surface area contributed by atoms with Crippen LogP contribution in [-0.2, 0) is 16.0 Å². The van der Waals surface area contributed by atoms with Crippen molar-refractivity contribution in [2.45, 2.75) is 51.7 Å². The smallest absolute Gasteiger partial charge is 0.410 e. The fourth-order valence-electron chi connectivity index (χ4n) is 7.86. The first kappa shape index (κ1) is 35.1. The lowest BCUT2D eigenvalue weighted by Crippen LogP contribution is -2.64. The second-order valence-electron chi connectivity index (χ2n) is 15.6. The number of rotatable bonds is 7. The molecule has 1 aromatic heterocycles. The number of aromatic amines is 1. The van der Waals surface area contributed by atoms with Gasteiger partial charge in [0.1, 0.15) is 11.4 Å². The van der Waals surface area contributed by atoms with Crippen molar-refractivity contribution in [2.75, 3.05) is 72.0 Å². The fourth-order valence-corrected chi connectivity index (χ4v) is 7.86.